The Morgan fingerprint density at radius 2 is 1.94 bits per heavy atom. The highest BCUT2D eigenvalue weighted by Crippen LogP contribution is 2.22. The topological polar surface area (TPSA) is 12.0 Å². The van der Waals surface area contributed by atoms with Crippen molar-refractivity contribution in [3.05, 3.63) is 34.6 Å². The minimum Gasteiger partial charge on any atom is -0.307 e. The molecule has 0 saturated carbocycles. The standard InChI is InChI=1S/C10H9ClF5N/c11-8-2-1-7(12)3-6(8)4-17-5-10(15,16)9(13)14/h1-3,9,17H,4-5H2. The van der Waals surface area contributed by atoms with E-state index in [1.165, 1.54) is 6.07 Å². The third-order valence-electron chi connectivity index (χ3n) is 2.00. The number of nitrogens with one attached hydrogen (secondary N) is 1. The van der Waals surface area contributed by atoms with Crippen molar-refractivity contribution in [2.75, 3.05) is 6.54 Å². The van der Waals surface area contributed by atoms with Crippen molar-refractivity contribution in [2.45, 2.75) is 18.9 Å². The van der Waals surface area contributed by atoms with Crippen molar-refractivity contribution in [3.63, 3.8) is 0 Å². The normalized spacial score (nSPS) is 12.2. The van der Waals surface area contributed by atoms with Crippen LogP contribution in [0.4, 0.5) is 22.0 Å². The number of rotatable bonds is 5. The summed E-state index contributed by atoms with van der Waals surface area (Å²) in [5, 5.41) is 2.29. The number of halogens is 6. The minimum absolute atomic E-state index is 0.180. The maximum Gasteiger partial charge on any atom is 0.319 e. The zero-order valence-electron chi connectivity index (χ0n) is 8.49. The molecule has 7 heteroatoms. The molecule has 0 heterocycles. The lowest BCUT2D eigenvalue weighted by Gasteiger charge is -2.16. The minimum atomic E-state index is -4.11. The van der Waals surface area contributed by atoms with Crippen LogP contribution >= 0.6 is 11.6 Å². The van der Waals surface area contributed by atoms with Crippen molar-refractivity contribution in [2.24, 2.45) is 0 Å². The summed E-state index contributed by atoms with van der Waals surface area (Å²) in [4.78, 5) is 0. The van der Waals surface area contributed by atoms with E-state index in [4.69, 9.17) is 11.6 Å². The average Bonchev–Trinajstić information content (AvgIpc) is 2.22. The summed E-state index contributed by atoms with van der Waals surface area (Å²) in [6.07, 6.45) is -3.74. The van der Waals surface area contributed by atoms with Gasteiger partial charge >= 0.3 is 12.3 Å². The van der Waals surface area contributed by atoms with Gasteiger partial charge in [0.25, 0.3) is 0 Å². The molecule has 0 aliphatic carbocycles. The van der Waals surface area contributed by atoms with E-state index in [-0.39, 0.29) is 17.1 Å². The van der Waals surface area contributed by atoms with Gasteiger partial charge in [-0.05, 0) is 23.8 Å². The van der Waals surface area contributed by atoms with Gasteiger partial charge in [0.15, 0.2) is 0 Å². The highest BCUT2D eigenvalue weighted by molar-refractivity contribution is 6.31. The third kappa shape index (κ3) is 4.12. The molecular formula is C10H9ClF5N. The van der Waals surface area contributed by atoms with E-state index >= 15 is 0 Å². The number of alkyl halides is 4. The molecule has 96 valence electrons. The average molecular weight is 274 g/mol. The summed E-state index contributed by atoms with van der Waals surface area (Å²) < 4.78 is 61.4. The molecule has 1 aromatic rings. The van der Waals surface area contributed by atoms with Crippen molar-refractivity contribution in [1.29, 1.82) is 0 Å². The predicted molar refractivity (Wildman–Crippen MR) is 54.1 cm³/mol. The highest BCUT2D eigenvalue weighted by atomic mass is 35.5. The van der Waals surface area contributed by atoms with Crippen LogP contribution in [0.15, 0.2) is 18.2 Å². The summed E-state index contributed by atoms with van der Waals surface area (Å²) in [6.45, 7) is -1.41. The van der Waals surface area contributed by atoms with Crippen molar-refractivity contribution in [3.8, 4) is 0 Å². The Morgan fingerprint density at radius 1 is 1.29 bits per heavy atom. The lowest BCUT2D eigenvalue weighted by atomic mass is 10.2. The Balaban J connectivity index is 2.54. The van der Waals surface area contributed by atoms with Crippen LogP contribution in [0.3, 0.4) is 0 Å². The number of benzene rings is 1. The quantitative estimate of drug-likeness (QED) is 0.810. The molecule has 1 nitrogen and oxygen atoms in total. The maximum absolute atomic E-state index is 12.8. The van der Waals surface area contributed by atoms with Crippen LogP contribution in [-0.2, 0) is 6.54 Å². The molecule has 0 aliphatic heterocycles. The van der Waals surface area contributed by atoms with Gasteiger partial charge in [-0.15, -0.1) is 0 Å². The molecule has 1 rings (SSSR count). The van der Waals surface area contributed by atoms with Crippen LogP contribution in [0.1, 0.15) is 5.56 Å². The fraction of sp³-hybridized carbons (Fsp3) is 0.400. The van der Waals surface area contributed by atoms with Crippen molar-refractivity contribution in [1.82, 2.24) is 5.32 Å². The van der Waals surface area contributed by atoms with Gasteiger partial charge in [-0.1, -0.05) is 11.6 Å². The second kappa shape index (κ2) is 5.64. The van der Waals surface area contributed by atoms with E-state index < -0.39 is 24.7 Å². The first-order valence-electron chi connectivity index (χ1n) is 4.63. The van der Waals surface area contributed by atoms with Gasteiger partial charge in [0.05, 0.1) is 6.54 Å². The first-order chi connectivity index (χ1) is 7.83. The van der Waals surface area contributed by atoms with Gasteiger partial charge < -0.3 is 5.32 Å². The largest absolute Gasteiger partial charge is 0.319 e. The molecule has 1 aromatic carbocycles. The van der Waals surface area contributed by atoms with Gasteiger partial charge in [0.2, 0.25) is 0 Å². The van der Waals surface area contributed by atoms with Gasteiger partial charge in [-0.25, -0.2) is 13.2 Å². The Morgan fingerprint density at radius 3 is 2.53 bits per heavy atom. The van der Waals surface area contributed by atoms with Crippen LogP contribution in [-0.4, -0.2) is 18.9 Å². The fourth-order valence-corrected chi connectivity index (χ4v) is 1.30. The SMILES string of the molecule is Fc1ccc(Cl)c(CNCC(F)(F)C(F)F)c1. The zero-order valence-corrected chi connectivity index (χ0v) is 9.25. The molecule has 17 heavy (non-hydrogen) atoms. The van der Waals surface area contributed by atoms with Crippen molar-refractivity contribution < 1.29 is 22.0 Å². The Kier molecular flexibility index (Phi) is 4.70. The Hall–Kier alpha value is -0.880. The smallest absolute Gasteiger partial charge is 0.307 e. The summed E-state index contributed by atoms with van der Waals surface area (Å²) in [5.41, 5.74) is 0.233. The lowest BCUT2D eigenvalue weighted by Crippen LogP contribution is -2.38. The van der Waals surface area contributed by atoms with Gasteiger partial charge in [-0.2, -0.15) is 8.78 Å². The third-order valence-corrected chi connectivity index (χ3v) is 2.37. The first-order valence-corrected chi connectivity index (χ1v) is 5.01. The van der Waals surface area contributed by atoms with Crippen LogP contribution in [0.5, 0.6) is 0 Å². The van der Waals surface area contributed by atoms with Gasteiger partial charge in [0.1, 0.15) is 5.82 Å². The summed E-state index contributed by atoms with van der Waals surface area (Å²) in [7, 11) is 0. The van der Waals surface area contributed by atoms with Crippen LogP contribution in [0.25, 0.3) is 0 Å². The van der Waals surface area contributed by atoms with Crippen LogP contribution in [0.2, 0.25) is 5.02 Å². The second-order valence-corrected chi connectivity index (χ2v) is 3.81. The van der Waals surface area contributed by atoms with E-state index in [9.17, 15) is 22.0 Å². The Bertz CT molecular complexity index is 383. The highest BCUT2D eigenvalue weighted by Gasteiger charge is 2.39. The molecule has 0 fully saturated rings. The number of hydrogen-bond acceptors (Lipinski definition) is 1. The molecule has 0 radical (unpaired) electrons. The fourth-order valence-electron chi connectivity index (χ4n) is 1.12. The second-order valence-electron chi connectivity index (χ2n) is 3.40. The van der Waals surface area contributed by atoms with Crippen LogP contribution in [0, 0.1) is 5.82 Å². The van der Waals surface area contributed by atoms with Gasteiger partial charge in [0, 0.05) is 11.6 Å². The van der Waals surface area contributed by atoms with Gasteiger partial charge in [-0.3, -0.25) is 0 Å². The molecule has 0 bridgehead atoms. The van der Waals surface area contributed by atoms with E-state index in [0.717, 1.165) is 12.1 Å². The molecular weight excluding hydrogens is 265 g/mol. The molecule has 0 unspecified atom stereocenters. The first kappa shape index (κ1) is 14.2. The molecule has 0 aromatic heterocycles. The molecule has 1 N–H and O–H groups in total. The molecule has 0 spiro atoms. The zero-order chi connectivity index (χ0) is 13.1. The monoisotopic (exact) mass is 273 g/mol. The summed E-state index contributed by atoms with van der Waals surface area (Å²) in [5.74, 6) is -4.69. The Labute approximate surface area is 99.6 Å². The maximum atomic E-state index is 12.8. The number of hydrogen-bond donors (Lipinski definition) is 1. The lowest BCUT2D eigenvalue weighted by molar-refractivity contribution is -0.125. The van der Waals surface area contributed by atoms with E-state index in [0.29, 0.717) is 0 Å². The van der Waals surface area contributed by atoms with Crippen molar-refractivity contribution >= 4 is 11.6 Å². The predicted octanol–water partition coefficient (Wildman–Crippen LogP) is 3.47. The van der Waals surface area contributed by atoms with E-state index in [1.54, 1.807) is 0 Å². The summed E-state index contributed by atoms with van der Waals surface area (Å²) >= 11 is 5.67. The van der Waals surface area contributed by atoms with E-state index in [2.05, 4.69) is 5.32 Å². The molecule has 0 aliphatic rings. The molecule has 0 atom stereocenters. The van der Waals surface area contributed by atoms with E-state index in [1.807, 2.05) is 0 Å². The summed E-state index contributed by atoms with van der Waals surface area (Å²) in [6, 6.07) is 3.43. The van der Waals surface area contributed by atoms with Crippen LogP contribution < -0.4 is 5.32 Å². The molecule has 0 amide bonds. The molecule has 0 saturated heterocycles.